The van der Waals surface area contributed by atoms with E-state index in [1.165, 1.54) is 17.0 Å². The number of hydrogen-bond acceptors (Lipinski definition) is 4. The third-order valence-corrected chi connectivity index (χ3v) is 5.81. The summed E-state index contributed by atoms with van der Waals surface area (Å²) in [4.78, 5) is 32.8. The van der Waals surface area contributed by atoms with Crippen molar-refractivity contribution < 1.29 is 18.7 Å². The molecule has 0 saturated heterocycles. The highest BCUT2D eigenvalue weighted by Crippen LogP contribution is 2.17. The molecule has 37 heavy (non-hydrogen) atoms. The molecule has 1 heterocycles. The molecule has 2 amide bonds. The number of amides is 2. The summed E-state index contributed by atoms with van der Waals surface area (Å²) in [7, 11) is 0. The standard InChI is InChI=1S/C30H28FN3O3/c31-25-16-14-24(15-17-25)21-34(29(35)22-37-27-12-5-2-6-13-27)28(19-23-9-3-1-4-10-23)30(36)33-20-26-11-7-8-18-32-26/h1-18,28H,19-22H2,(H,33,36)/t28-/m1/s1. The van der Waals surface area contributed by atoms with Crippen molar-refractivity contribution >= 4 is 11.8 Å². The molecular formula is C30H28FN3O3. The normalized spacial score (nSPS) is 11.4. The Labute approximate surface area is 215 Å². The fourth-order valence-corrected chi connectivity index (χ4v) is 3.88. The van der Waals surface area contributed by atoms with E-state index in [9.17, 15) is 14.0 Å². The van der Waals surface area contributed by atoms with Crippen molar-refractivity contribution in [1.29, 1.82) is 0 Å². The molecule has 4 aromatic rings. The topological polar surface area (TPSA) is 71.5 Å². The van der Waals surface area contributed by atoms with Gasteiger partial charge in [-0.1, -0.05) is 66.7 Å². The van der Waals surface area contributed by atoms with Gasteiger partial charge in [-0.2, -0.15) is 0 Å². The fraction of sp³-hybridized carbons (Fsp3) is 0.167. The van der Waals surface area contributed by atoms with E-state index in [4.69, 9.17) is 4.74 Å². The van der Waals surface area contributed by atoms with Crippen LogP contribution < -0.4 is 10.1 Å². The molecule has 0 saturated carbocycles. The van der Waals surface area contributed by atoms with Crippen LogP contribution >= 0.6 is 0 Å². The number of ether oxygens (including phenoxy) is 1. The Morgan fingerprint density at radius 3 is 2.19 bits per heavy atom. The highest BCUT2D eigenvalue weighted by molar-refractivity contribution is 5.88. The van der Waals surface area contributed by atoms with Crippen LogP contribution in [0.2, 0.25) is 0 Å². The predicted molar refractivity (Wildman–Crippen MR) is 139 cm³/mol. The van der Waals surface area contributed by atoms with E-state index < -0.39 is 6.04 Å². The van der Waals surface area contributed by atoms with Gasteiger partial charge >= 0.3 is 0 Å². The number of hydrogen-bond donors (Lipinski definition) is 1. The molecule has 0 bridgehead atoms. The summed E-state index contributed by atoms with van der Waals surface area (Å²) in [5.74, 6) is -0.494. The van der Waals surface area contributed by atoms with Gasteiger partial charge in [0.25, 0.3) is 5.91 Å². The lowest BCUT2D eigenvalue weighted by molar-refractivity contribution is -0.142. The molecule has 0 radical (unpaired) electrons. The molecule has 188 valence electrons. The first-order valence-corrected chi connectivity index (χ1v) is 12.0. The highest BCUT2D eigenvalue weighted by Gasteiger charge is 2.30. The van der Waals surface area contributed by atoms with E-state index in [1.54, 1.807) is 36.5 Å². The Balaban J connectivity index is 1.60. The third-order valence-electron chi connectivity index (χ3n) is 5.81. The highest BCUT2D eigenvalue weighted by atomic mass is 19.1. The van der Waals surface area contributed by atoms with Crippen LogP contribution in [0.4, 0.5) is 4.39 Å². The number of carbonyl (C=O) groups excluding carboxylic acids is 2. The predicted octanol–water partition coefficient (Wildman–Crippen LogP) is 4.56. The van der Waals surface area contributed by atoms with Crippen molar-refractivity contribution in [3.05, 3.63) is 132 Å². The van der Waals surface area contributed by atoms with Gasteiger partial charge in [0.1, 0.15) is 17.6 Å². The second-order valence-electron chi connectivity index (χ2n) is 8.49. The van der Waals surface area contributed by atoms with Gasteiger partial charge in [0.05, 0.1) is 12.2 Å². The number of benzene rings is 3. The van der Waals surface area contributed by atoms with E-state index in [2.05, 4.69) is 10.3 Å². The van der Waals surface area contributed by atoms with Crippen molar-refractivity contribution in [2.75, 3.05) is 6.61 Å². The third kappa shape index (κ3) is 7.73. The molecule has 1 N–H and O–H groups in total. The molecule has 0 spiro atoms. The molecule has 6 nitrogen and oxygen atoms in total. The van der Waals surface area contributed by atoms with Crippen LogP contribution in [0.15, 0.2) is 109 Å². The molecule has 0 fully saturated rings. The lowest BCUT2D eigenvalue weighted by Gasteiger charge is -2.31. The van der Waals surface area contributed by atoms with Gasteiger partial charge in [-0.15, -0.1) is 0 Å². The minimum Gasteiger partial charge on any atom is -0.484 e. The summed E-state index contributed by atoms with van der Waals surface area (Å²) in [6.45, 7) is 0.0971. The number of para-hydroxylation sites is 1. The first-order valence-electron chi connectivity index (χ1n) is 12.0. The molecule has 1 atom stereocenters. The zero-order valence-electron chi connectivity index (χ0n) is 20.3. The molecule has 0 aliphatic carbocycles. The molecule has 0 unspecified atom stereocenters. The van der Waals surface area contributed by atoms with Gasteiger partial charge in [-0.25, -0.2) is 4.39 Å². The van der Waals surface area contributed by atoms with Crippen LogP contribution in [0.1, 0.15) is 16.8 Å². The summed E-state index contributed by atoms with van der Waals surface area (Å²) in [6.07, 6.45) is 1.96. The number of pyridine rings is 1. The Morgan fingerprint density at radius 1 is 0.838 bits per heavy atom. The Bertz CT molecular complexity index is 1270. The summed E-state index contributed by atoms with van der Waals surface area (Å²) in [5.41, 5.74) is 2.31. The van der Waals surface area contributed by atoms with Crippen molar-refractivity contribution in [2.24, 2.45) is 0 Å². The first kappa shape index (κ1) is 25.6. The van der Waals surface area contributed by atoms with E-state index in [0.29, 0.717) is 23.4 Å². The maximum atomic E-state index is 13.6. The number of carbonyl (C=O) groups is 2. The monoisotopic (exact) mass is 497 g/mol. The van der Waals surface area contributed by atoms with Gasteiger partial charge in [-0.3, -0.25) is 14.6 Å². The maximum absolute atomic E-state index is 13.6. The van der Waals surface area contributed by atoms with Crippen LogP contribution in [0.5, 0.6) is 5.75 Å². The van der Waals surface area contributed by atoms with E-state index in [-0.39, 0.29) is 37.3 Å². The van der Waals surface area contributed by atoms with Crippen LogP contribution in [-0.4, -0.2) is 34.3 Å². The SMILES string of the molecule is O=C(NCc1ccccn1)[C@@H](Cc1ccccc1)N(Cc1ccc(F)cc1)C(=O)COc1ccccc1. The summed E-state index contributed by atoms with van der Waals surface area (Å²) < 4.78 is 19.3. The van der Waals surface area contributed by atoms with Crippen LogP contribution in [0.25, 0.3) is 0 Å². The lowest BCUT2D eigenvalue weighted by atomic mass is 10.0. The van der Waals surface area contributed by atoms with Gasteiger partial charge in [0.15, 0.2) is 6.61 Å². The molecule has 0 aliphatic rings. The average Bonchev–Trinajstić information content (AvgIpc) is 2.95. The largest absolute Gasteiger partial charge is 0.484 e. The minimum atomic E-state index is -0.831. The molecule has 4 rings (SSSR count). The van der Waals surface area contributed by atoms with Crippen molar-refractivity contribution in [1.82, 2.24) is 15.2 Å². The van der Waals surface area contributed by atoms with E-state index in [1.807, 2.05) is 60.7 Å². The zero-order valence-corrected chi connectivity index (χ0v) is 20.3. The van der Waals surface area contributed by atoms with Crippen molar-refractivity contribution in [3.8, 4) is 5.75 Å². The van der Waals surface area contributed by atoms with Crippen molar-refractivity contribution in [3.63, 3.8) is 0 Å². The lowest BCUT2D eigenvalue weighted by Crippen LogP contribution is -2.51. The maximum Gasteiger partial charge on any atom is 0.261 e. The number of nitrogens with zero attached hydrogens (tertiary/aromatic N) is 2. The second kappa shape index (κ2) is 13.0. The van der Waals surface area contributed by atoms with Crippen LogP contribution in [-0.2, 0) is 29.1 Å². The average molecular weight is 498 g/mol. The van der Waals surface area contributed by atoms with E-state index >= 15 is 0 Å². The molecule has 0 aliphatic heterocycles. The number of nitrogens with one attached hydrogen (secondary N) is 1. The van der Waals surface area contributed by atoms with Crippen LogP contribution in [0.3, 0.4) is 0 Å². The Morgan fingerprint density at radius 2 is 1.51 bits per heavy atom. The first-order chi connectivity index (χ1) is 18.1. The molecule has 7 heteroatoms. The second-order valence-corrected chi connectivity index (χ2v) is 8.49. The van der Waals surface area contributed by atoms with Gasteiger partial charge in [0, 0.05) is 19.2 Å². The minimum absolute atomic E-state index is 0.117. The van der Waals surface area contributed by atoms with Crippen LogP contribution in [0, 0.1) is 5.82 Å². The zero-order chi connectivity index (χ0) is 25.9. The summed E-state index contributed by atoms with van der Waals surface area (Å²) >= 11 is 0. The molecule has 3 aromatic carbocycles. The number of rotatable bonds is 11. The molecular weight excluding hydrogens is 469 g/mol. The smallest absolute Gasteiger partial charge is 0.261 e. The summed E-state index contributed by atoms with van der Waals surface area (Å²) in [6, 6.07) is 29.1. The number of aromatic nitrogens is 1. The van der Waals surface area contributed by atoms with Gasteiger partial charge in [-0.05, 0) is 47.5 Å². The quantitative estimate of drug-likeness (QED) is 0.330. The van der Waals surface area contributed by atoms with Crippen molar-refractivity contribution in [2.45, 2.75) is 25.6 Å². The fourth-order valence-electron chi connectivity index (χ4n) is 3.88. The molecule has 1 aromatic heterocycles. The number of halogens is 1. The van der Waals surface area contributed by atoms with Gasteiger partial charge in [0.2, 0.25) is 5.91 Å². The van der Waals surface area contributed by atoms with Gasteiger partial charge < -0.3 is 15.0 Å². The Kier molecular flexibility index (Phi) is 8.97. The Hall–Kier alpha value is -4.52. The summed E-state index contributed by atoms with van der Waals surface area (Å²) in [5, 5.41) is 2.93. The van der Waals surface area contributed by atoms with E-state index in [0.717, 1.165) is 5.56 Å².